The quantitative estimate of drug-likeness (QED) is 0.617. The van der Waals surface area contributed by atoms with Crippen LogP contribution >= 0.6 is 0 Å². The number of nitrogens with two attached hydrogens (primary N) is 1. The maximum atomic E-state index is 5.70. The van der Waals surface area contributed by atoms with Crippen molar-refractivity contribution in [1.82, 2.24) is 5.43 Å². The molecule has 3 heteroatoms. The molecule has 1 aliphatic rings. The Labute approximate surface area is 103 Å². The molecule has 1 heterocycles. The molecule has 3 N–H and O–H groups in total. The number of hydrogen-bond acceptors (Lipinski definition) is 3. The second-order valence-corrected chi connectivity index (χ2v) is 4.99. The van der Waals surface area contributed by atoms with Crippen LogP contribution in [0.1, 0.15) is 24.5 Å². The van der Waals surface area contributed by atoms with Crippen molar-refractivity contribution in [3.63, 3.8) is 0 Å². The van der Waals surface area contributed by atoms with Crippen molar-refractivity contribution in [2.45, 2.75) is 38.8 Å². The fourth-order valence-electron chi connectivity index (χ4n) is 2.70. The maximum absolute atomic E-state index is 5.70. The molecule has 1 saturated heterocycles. The average Bonchev–Trinajstić information content (AvgIpc) is 2.72. The molecule has 1 aliphatic heterocycles. The van der Waals surface area contributed by atoms with Gasteiger partial charge >= 0.3 is 0 Å². The van der Waals surface area contributed by atoms with Crippen LogP contribution in [0.2, 0.25) is 0 Å². The highest BCUT2D eigenvalue weighted by molar-refractivity contribution is 5.23. The Morgan fingerprint density at radius 2 is 2.35 bits per heavy atom. The summed E-state index contributed by atoms with van der Waals surface area (Å²) in [7, 11) is 0. The van der Waals surface area contributed by atoms with Gasteiger partial charge in [0.15, 0.2) is 0 Å². The van der Waals surface area contributed by atoms with Gasteiger partial charge in [0.1, 0.15) is 0 Å². The standard InChI is InChI=1S/C14H22N2O/c1-10-4-3-5-12(8-10)9-14(16-15)13-6-7-17-11(13)2/h3-5,8,11,13-14,16H,6-7,9,15H2,1-2H3. The third-order valence-electron chi connectivity index (χ3n) is 3.70. The van der Waals surface area contributed by atoms with Gasteiger partial charge in [-0.15, -0.1) is 0 Å². The van der Waals surface area contributed by atoms with Crippen LogP contribution < -0.4 is 11.3 Å². The molecule has 0 amide bonds. The van der Waals surface area contributed by atoms with E-state index >= 15 is 0 Å². The van der Waals surface area contributed by atoms with E-state index in [1.807, 2.05) is 0 Å². The third-order valence-corrected chi connectivity index (χ3v) is 3.70. The molecule has 2 rings (SSSR count). The largest absolute Gasteiger partial charge is 0.378 e. The van der Waals surface area contributed by atoms with Gasteiger partial charge in [0.2, 0.25) is 0 Å². The number of rotatable bonds is 4. The Morgan fingerprint density at radius 3 is 2.94 bits per heavy atom. The molecule has 0 bridgehead atoms. The Hall–Kier alpha value is -0.900. The van der Waals surface area contributed by atoms with Crippen molar-refractivity contribution >= 4 is 0 Å². The average molecular weight is 234 g/mol. The Bertz CT molecular complexity index is 367. The van der Waals surface area contributed by atoms with Crippen molar-refractivity contribution in [2.75, 3.05) is 6.61 Å². The molecule has 3 unspecified atom stereocenters. The number of ether oxygens (including phenoxy) is 1. The first-order valence-corrected chi connectivity index (χ1v) is 6.34. The number of hydrazine groups is 1. The maximum Gasteiger partial charge on any atom is 0.0591 e. The second kappa shape index (κ2) is 5.63. The van der Waals surface area contributed by atoms with Gasteiger partial charge in [0.25, 0.3) is 0 Å². The molecule has 3 atom stereocenters. The predicted molar refractivity (Wildman–Crippen MR) is 69.5 cm³/mol. The van der Waals surface area contributed by atoms with Gasteiger partial charge in [-0.3, -0.25) is 11.3 Å². The highest BCUT2D eigenvalue weighted by atomic mass is 16.5. The van der Waals surface area contributed by atoms with Crippen LogP contribution in [-0.4, -0.2) is 18.8 Å². The lowest BCUT2D eigenvalue weighted by atomic mass is 9.89. The van der Waals surface area contributed by atoms with E-state index in [4.69, 9.17) is 10.6 Å². The molecule has 0 aromatic heterocycles. The first kappa shape index (κ1) is 12.6. The number of hydrogen-bond donors (Lipinski definition) is 2. The van der Waals surface area contributed by atoms with E-state index in [0.717, 1.165) is 19.4 Å². The molecule has 0 radical (unpaired) electrons. The van der Waals surface area contributed by atoms with E-state index in [2.05, 4.69) is 43.5 Å². The monoisotopic (exact) mass is 234 g/mol. The molecule has 0 aliphatic carbocycles. The zero-order valence-electron chi connectivity index (χ0n) is 10.6. The Balaban J connectivity index is 2.04. The van der Waals surface area contributed by atoms with Crippen molar-refractivity contribution < 1.29 is 4.74 Å². The van der Waals surface area contributed by atoms with E-state index < -0.39 is 0 Å². The molecule has 1 aromatic carbocycles. The molecular weight excluding hydrogens is 212 g/mol. The molecule has 3 nitrogen and oxygen atoms in total. The van der Waals surface area contributed by atoms with Crippen LogP contribution in [0.3, 0.4) is 0 Å². The smallest absolute Gasteiger partial charge is 0.0591 e. The van der Waals surface area contributed by atoms with Crippen molar-refractivity contribution in [1.29, 1.82) is 0 Å². The third kappa shape index (κ3) is 3.06. The number of nitrogens with one attached hydrogen (secondary N) is 1. The fraction of sp³-hybridized carbons (Fsp3) is 0.571. The summed E-state index contributed by atoms with van der Waals surface area (Å²) >= 11 is 0. The van der Waals surface area contributed by atoms with Crippen molar-refractivity contribution in [2.24, 2.45) is 11.8 Å². The number of aryl methyl sites for hydroxylation is 1. The van der Waals surface area contributed by atoms with Gasteiger partial charge in [-0.05, 0) is 32.3 Å². The minimum Gasteiger partial charge on any atom is -0.378 e. The minimum absolute atomic E-state index is 0.300. The highest BCUT2D eigenvalue weighted by Gasteiger charge is 2.31. The molecule has 94 valence electrons. The summed E-state index contributed by atoms with van der Waals surface area (Å²) in [6.07, 6.45) is 2.37. The highest BCUT2D eigenvalue weighted by Crippen LogP contribution is 2.25. The van der Waals surface area contributed by atoms with Crippen molar-refractivity contribution in [3.8, 4) is 0 Å². The van der Waals surface area contributed by atoms with Crippen LogP contribution in [0.15, 0.2) is 24.3 Å². The summed E-state index contributed by atoms with van der Waals surface area (Å²) in [6, 6.07) is 8.92. The normalized spacial score (nSPS) is 26.1. The van der Waals surface area contributed by atoms with Gasteiger partial charge < -0.3 is 4.74 Å². The van der Waals surface area contributed by atoms with Gasteiger partial charge in [-0.1, -0.05) is 29.8 Å². The predicted octanol–water partition coefficient (Wildman–Crippen LogP) is 1.79. The van der Waals surface area contributed by atoms with E-state index in [1.54, 1.807) is 0 Å². The lowest BCUT2D eigenvalue weighted by molar-refractivity contribution is 0.0954. The SMILES string of the molecule is Cc1cccc(CC(NN)C2CCOC2C)c1. The topological polar surface area (TPSA) is 47.3 Å². The first-order chi connectivity index (χ1) is 8.20. The molecule has 0 spiro atoms. The Morgan fingerprint density at radius 1 is 1.53 bits per heavy atom. The van der Waals surface area contributed by atoms with Crippen molar-refractivity contribution in [3.05, 3.63) is 35.4 Å². The lowest BCUT2D eigenvalue weighted by Gasteiger charge is -2.25. The van der Waals surface area contributed by atoms with E-state index in [1.165, 1.54) is 11.1 Å². The van der Waals surface area contributed by atoms with Crippen LogP contribution in [0.25, 0.3) is 0 Å². The van der Waals surface area contributed by atoms with E-state index in [-0.39, 0.29) is 0 Å². The lowest BCUT2D eigenvalue weighted by Crippen LogP contribution is -2.44. The summed E-state index contributed by atoms with van der Waals surface area (Å²) in [4.78, 5) is 0. The summed E-state index contributed by atoms with van der Waals surface area (Å²) in [5.74, 6) is 6.21. The minimum atomic E-state index is 0.300. The van der Waals surface area contributed by atoms with E-state index in [9.17, 15) is 0 Å². The molecular formula is C14H22N2O. The van der Waals surface area contributed by atoms with Gasteiger partial charge in [0.05, 0.1) is 6.10 Å². The summed E-state index contributed by atoms with van der Waals surface area (Å²) in [5, 5.41) is 0. The summed E-state index contributed by atoms with van der Waals surface area (Å²) < 4.78 is 5.61. The zero-order chi connectivity index (χ0) is 12.3. The van der Waals surface area contributed by atoms with Crippen LogP contribution in [-0.2, 0) is 11.2 Å². The first-order valence-electron chi connectivity index (χ1n) is 6.34. The summed E-state index contributed by atoms with van der Waals surface area (Å²) in [5.41, 5.74) is 5.60. The Kier molecular flexibility index (Phi) is 4.15. The van der Waals surface area contributed by atoms with Crippen LogP contribution in [0.5, 0.6) is 0 Å². The molecule has 1 fully saturated rings. The summed E-state index contributed by atoms with van der Waals surface area (Å²) in [6.45, 7) is 5.12. The number of benzene rings is 1. The van der Waals surface area contributed by atoms with Crippen LogP contribution in [0, 0.1) is 12.8 Å². The molecule has 1 aromatic rings. The van der Waals surface area contributed by atoms with Crippen LogP contribution in [0.4, 0.5) is 0 Å². The van der Waals surface area contributed by atoms with Gasteiger partial charge in [0, 0.05) is 18.6 Å². The fourth-order valence-corrected chi connectivity index (χ4v) is 2.70. The van der Waals surface area contributed by atoms with E-state index in [0.29, 0.717) is 18.1 Å². The zero-order valence-corrected chi connectivity index (χ0v) is 10.6. The van der Waals surface area contributed by atoms with Gasteiger partial charge in [-0.2, -0.15) is 0 Å². The molecule has 17 heavy (non-hydrogen) atoms. The van der Waals surface area contributed by atoms with Gasteiger partial charge in [-0.25, -0.2) is 0 Å². The molecule has 0 saturated carbocycles. The second-order valence-electron chi connectivity index (χ2n) is 4.99.